The molecule has 2 heterocycles. The monoisotopic (exact) mass is 413 g/mol. The number of carbonyl (C=O) groups excluding carboxylic acids is 1. The summed E-state index contributed by atoms with van der Waals surface area (Å²) in [6, 6.07) is 10.8. The van der Waals surface area contributed by atoms with Gasteiger partial charge in [0.25, 0.3) is 5.56 Å². The van der Waals surface area contributed by atoms with Crippen LogP contribution in [0.25, 0.3) is 5.65 Å². The summed E-state index contributed by atoms with van der Waals surface area (Å²) < 4.78 is 12.0. The number of nitrogens with one attached hydrogen (secondary N) is 1. The van der Waals surface area contributed by atoms with Crippen molar-refractivity contribution in [2.24, 2.45) is 0 Å². The van der Waals surface area contributed by atoms with Crippen LogP contribution < -0.4 is 20.3 Å². The fourth-order valence-electron chi connectivity index (χ4n) is 2.82. The van der Waals surface area contributed by atoms with Crippen LogP contribution in [0, 0.1) is 6.92 Å². The molecule has 0 aliphatic heterocycles. The molecule has 152 valence electrons. The fourth-order valence-corrected chi connectivity index (χ4v) is 3.57. The molecular weight excluding hydrogens is 390 g/mol. The minimum atomic E-state index is -0.118. The van der Waals surface area contributed by atoms with E-state index in [1.165, 1.54) is 22.2 Å². The van der Waals surface area contributed by atoms with Gasteiger partial charge >= 0.3 is 0 Å². The highest BCUT2D eigenvalue weighted by Gasteiger charge is 2.08. The lowest BCUT2D eigenvalue weighted by Gasteiger charge is -2.10. The molecule has 3 rings (SSSR count). The smallest absolute Gasteiger partial charge is 0.258 e. The van der Waals surface area contributed by atoms with Crippen LogP contribution in [0.3, 0.4) is 0 Å². The van der Waals surface area contributed by atoms with Gasteiger partial charge in [0.1, 0.15) is 5.65 Å². The van der Waals surface area contributed by atoms with Crippen molar-refractivity contribution in [1.82, 2.24) is 14.7 Å². The third kappa shape index (κ3) is 5.29. The maximum Gasteiger partial charge on any atom is 0.258 e. The molecule has 0 saturated carbocycles. The summed E-state index contributed by atoms with van der Waals surface area (Å²) in [5, 5.41) is 2.88. The molecule has 0 spiro atoms. The standard InChI is InChI=1S/C21H23N3O4S/c1-14-4-7-19-23-16(9-21(26)24(19)11-14)12-29-13-20(25)22-10-15-5-6-17(27-2)18(8-15)28-3/h4-9,11H,10,12-13H2,1-3H3,(H,22,25). The second-order valence-electron chi connectivity index (χ2n) is 6.48. The van der Waals surface area contributed by atoms with E-state index in [2.05, 4.69) is 10.3 Å². The molecule has 1 aromatic carbocycles. The van der Waals surface area contributed by atoms with Gasteiger partial charge in [0.05, 0.1) is 25.7 Å². The Labute approximate surface area is 173 Å². The number of pyridine rings is 1. The number of ether oxygens (including phenoxy) is 2. The molecule has 1 amide bonds. The van der Waals surface area contributed by atoms with Gasteiger partial charge in [-0.15, -0.1) is 11.8 Å². The SMILES string of the molecule is COc1ccc(CNC(=O)CSCc2cc(=O)n3cc(C)ccc3n2)cc1OC. The molecule has 0 unspecified atom stereocenters. The number of methoxy groups -OCH3 is 2. The van der Waals surface area contributed by atoms with Crippen molar-refractivity contribution >= 4 is 23.3 Å². The van der Waals surface area contributed by atoms with Gasteiger partial charge in [0.2, 0.25) is 5.91 Å². The normalized spacial score (nSPS) is 10.7. The lowest BCUT2D eigenvalue weighted by Crippen LogP contribution is -2.24. The van der Waals surface area contributed by atoms with Crippen LogP contribution in [0.15, 0.2) is 47.4 Å². The molecule has 29 heavy (non-hydrogen) atoms. The molecule has 0 saturated heterocycles. The Morgan fingerprint density at radius 1 is 1.14 bits per heavy atom. The first-order valence-corrected chi connectivity index (χ1v) is 10.2. The van der Waals surface area contributed by atoms with E-state index in [0.717, 1.165) is 11.1 Å². The number of nitrogens with zero attached hydrogens (tertiary/aromatic N) is 2. The molecule has 0 fully saturated rings. The van der Waals surface area contributed by atoms with Gasteiger partial charge in [0, 0.05) is 24.6 Å². The van der Waals surface area contributed by atoms with Crippen molar-refractivity contribution < 1.29 is 14.3 Å². The molecule has 1 N–H and O–H groups in total. The molecule has 3 aromatic rings. The summed E-state index contributed by atoms with van der Waals surface area (Å²) >= 11 is 1.42. The average molecular weight is 413 g/mol. The quantitative estimate of drug-likeness (QED) is 0.611. The second-order valence-corrected chi connectivity index (χ2v) is 7.46. The van der Waals surface area contributed by atoms with E-state index in [-0.39, 0.29) is 17.2 Å². The van der Waals surface area contributed by atoms with Crippen LogP contribution >= 0.6 is 11.8 Å². The van der Waals surface area contributed by atoms with Crippen LogP contribution in [0.1, 0.15) is 16.8 Å². The van der Waals surface area contributed by atoms with E-state index in [0.29, 0.717) is 35.1 Å². The lowest BCUT2D eigenvalue weighted by atomic mass is 10.2. The highest BCUT2D eigenvalue weighted by molar-refractivity contribution is 7.99. The molecule has 8 heteroatoms. The van der Waals surface area contributed by atoms with E-state index >= 15 is 0 Å². The van der Waals surface area contributed by atoms with E-state index in [4.69, 9.17) is 9.47 Å². The predicted octanol–water partition coefficient (Wildman–Crippen LogP) is 2.57. The number of thioether (sulfide) groups is 1. The maximum absolute atomic E-state index is 12.2. The zero-order valence-corrected chi connectivity index (χ0v) is 17.4. The third-order valence-electron chi connectivity index (χ3n) is 4.28. The number of rotatable bonds is 8. The van der Waals surface area contributed by atoms with Crippen molar-refractivity contribution in [2.45, 2.75) is 19.2 Å². The van der Waals surface area contributed by atoms with Gasteiger partial charge in [0.15, 0.2) is 11.5 Å². The van der Waals surface area contributed by atoms with Gasteiger partial charge in [-0.1, -0.05) is 12.1 Å². The first kappa shape index (κ1) is 20.7. The van der Waals surface area contributed by atoms with Crippen LogP contribution in [-0.2, 0) is 17.1 Å². The summed E-state index contributed by atoms with van der Waals surface area (Å²) in [5.74, 6) is 1.95. The van der Waals surface area contributed by atoms with Crippen LogP contribution in [0.5, 0.6) is 11.5 Å². The van der Waals surface area contributed by atoms with Crippen LogP contribution in [0.4, 0.5) is 0 Å². The number of aryl methyl sites for hydroxylation is 1. The largest absolute Gasteiger partial charge is 0.493 e. The Balaban J connectivity index is 1.52. The van der Waals surface area contributed by atoms with E-state index < -0.39 is 0 Å². The van der Waals surface area contributed by atoms with Crippen molar-refractivity contribution in [3.63, 3.8) is 0 Å². The third-order valence-corrected chi connectivity index (χ3v) is 5.25. The summed E-state index contributed by atoms with van der Waals surface area (Å²) in [6.45, 7) is 2.32. The molecule has 2 aromatic heterocycles. The number of benzene rings is 1. The van der Waals surface area contributed by atoms with E-state index in [9.17, 15) is 9.59 Å². The number of carbonyl (C=O) groups is 1. The minimum Gasteiger partial charge on any atom is -0.493 e. The predicted molar refractivity (Wildman–Crippen MR) is 114 cm³/mol. The Bertz CT molecular complexity index is 1080. The lowest BCUT2D eigenvalue weighted by molar-refractivity contribution is -0.118. The van der Waals surface area contributed by atoms with Gasteiger partial charge in [-0.2, -0.15) is 0 Å². The molecular formula is C21H23N3O4S. The first-order chi connectivity index (χ1) is 14.0. The highest BCUT2D eigenvalue weighted by atomic mass is 32.2. The Morgan fingerprint density at radius 3 is 2.69 bits per heavy atom. The second kappa shape index (κ2) is 9.47. The Morgan fingerprint density at radius 2 is 1.93 bits per heavy atom. The molecule has 0 aliphatic carbocycles. The van der Waals surface area contributed by atoms with E-state index in [1.54, 1.807) is 26.5 Å². The van der Waals surface area contributed by atoms with E-state index in [1.807, 2.05) is 31.2 Å². The highest BCUT2D eigenvalue weighted by Crippen LogP contribution is 2.27. The zero-order valence-electron chi connectivity index (χ0n) is 16.6. The van der Waals surface area contributed by atoms with Crippen molar-refractivity contribution in [2.75, 3.05) is 20.0 Å². The summed E-state index contributed by atoms with van der Waals surface area (Å²) in [4.78, 5) is 28.8. The van der Waals surface area contributed by atoms with Crippen molar-refractivity contribution in [3.05, 3.63) is 69.8 Å². The van der Waals surface area contributed by atoms with Gasteiger partial charge < -0.3 is 14.8 Å². The zero-order chi connectivity index (χ0) is 20.8. The summed E-state index contributed by atoms with van der Waals surface area (Å²) in [6.07, 6.45) is 1.77. The van der Waals surface area contributed by atoms with Crippen molar-refractivity contribution in [1.29, 1.82) is 0 Å². The molecule has 7 nitrogen and oxygen atoms in total. The Kier molecular flexibility index (Phi) is 6.77. The number of aromatic nitrogens is 2. The average Bonchev–Trinajstić information content (AvgIpc) is 2.72. The number of hydrogen-bond acceptors (Lipinski definition) is 6. The van der Waals surface area contributed by atoms with Crippen LogP contribution in [-0.4, -0.2) is 35.3 Å². The summed E-state index contributed by atoms with van der Waals surface area (Å²) in [5.41, 5.74) is 3.07. The molecule has 0 radical (unpaired) electrons. The first-order valence-electron chi connectivity index (χ1n) is 9.04. The number of hydrogen-bond donors (Lipinski definition) is 1. The Hall–Kier alpha value is -3.00. The van der Waals surface area contributed by atoms with Gasteiger partial charge in [-0.05, 0) is 36.2 Å². The van der Waals surface area contributed by atoms with Crippen LogP contribution in [0.2, 0.25) is 0 Å². The molecule has 0 atom stereocenters. The number of amides is 1. The topological polar surface area (TPSA) is 81.9 Å². The molecule has 0 aliphatic rings. The van der Waals surface area contributed by atoms with Crippen molar-refractivity contribution in [3.8, 4) is 11.5 Å². The van der Waals surface area contributed by atoms with Gasteiger partial charge in [-0.3, -0.25) is 14.0 Å². The fraction of sp³-hybridized carbons (Fsp3) is 0.286. The molecule has 0 bridgehead atoms. The maximum atomic E-state index is 12.2. The number of fused-ring (bicyclic) bond motifs is 1. The minimum absolute atomic E-state index is 0.0853. The van der Waals surface area contributed by atoms with Gasteiger partial charge in [-0.25, -0.2) is 4.98 Å². The summed E-state index contributed by atoms with van der Waals surface area (Å²) in [7, 11) is 3.15.